The molecule has 4 heteroatoms. The van der Waals surface area contributed by atoms with Gasteiger partial charge in [-0.15, -0.1) is 12.6 Å². The molecular weight excluding hydrogens is 334 g/mol. The van der Waals surface area contributed by atoms with Crippen molar-refractivity contribution >= 4 is 54.2 Å². The van der Waals surface area contributed by atoms with Crippen molar-refractivity contribution in [3.05, 3.63) is 91.0 Å². The lowest BCUT2D eigenvalue weighted by Crippen LogP contribution is -2.57. The van der Waals surface area contributed by atoms with E-state index in [-0.39, 0.29) is 0 Å². The van der Waals surface area contributed by atoms with Gasteiger partial charge >= 0.3 is 0 Å². The van der Waals surface area contributed by atoms with E-state index in [2.05, 4.69) is 77.9 Å². The van der Waals surface area contributed by atoms with Gasteiger partial charge in [-0.05, 0) is 22.5 Å². The molecule has 0 aromatic heterocycles. The lowest BCUT2D eigenvalue weighted by atomic mass is 10.3. The number of para-hydroxylation sites is 1. The Morgan fingerprint density at radius 1 is 0.696 bits per heavy atom. The molecule has 3 aromatic carbocycles. The van der Waals surface area contributed by atoms with Gasteiger partial charge in [0.15, 0.2) is 0 Å². The third-order valence-electron chi connectivity index (χ3n) is 3.52. The first-order chi connectivity index (χ1) is 11.3. The van der Waals surface area contributed by atoms with Gasteiger partial charge in [-0.2, -0.15) is 0 Å². The van der Waals surface area contributed by atoms with Crippen LogP contribution in [0.4, 0.5) is 5.69 Å². The normalized spacial score (nSPS) is 10.5. The predicted octanol–water partition coefficient (Wildman–Crippen LogP) is 3.51. The van der Waals surface area contributed by atoms with E-state index < -0.39 is 8.96 Å². The van der Waals surface area contributed by atoms with E-state index in [9.17, 15) is 0 Å². The predicted molar refractivity (Wildman–Crippen MR) is 108 cm³/mol. The average Bonchev–Trinajstić information content (AvgIpc) is 2.61. The van der Waals surface area contributed by atoms with Gasteiger partial charge in [0.1, 0.15) is 4.32 Å². The largest absolute Gasteiger partial charge is 0.346 e. The fraction of sp³-hybridized carbons (Fsp3) is 0. The number of hydrogen-bond acceptors (Lipinski definition) is 1. The SMILES string of the molecule is S=C(S)N(c1ccccc1)[Si](c1ccccc1)c1ccccc1. The molecule has 0 fully saturated rings. The lowest BCUT2D eigenvalue weighted by Gasteiger charge is -2.31. The van der Waals surface area contributed by atoms with Crippen molar-refractivity contribution in [2.75, 3.05) is 4.57 Å². The van der Waals surface area contributed by atoms with E-state index >= 15 is 0 Å². The zero-order valence-corrected chi connectivity index (χ0v) is 15.2. The highest BCUT2D eigenvalue weighted by Gasteiger charge is 2.27. The number of anilines is 1. The van der Waals surface area contributed by atoms with Crippen LogP contribution >= 0.6 is 24.8 Å². The smallest absolute Gasteiger partial charge is 0.248 e. The summed E-state index contributed by atoms with van der Waals surface area (Å²) in [7, 11) is -1.27. The van der Waals surface area contributed by atoms with Crippen molar-refractivity contribution in [3.8, 4) is 0 Å². The van der Waals surface area contributed by atoms with Crippen molar-refractivity contribution in [3.63, 3.8) is 0 Å². The lowest BCUT2D eigenvalue weighted by molar-refractivity contribution is 1.50. The van der Waals surface area contributed by atoms with Crippen molar-refractivity contribution < 1.29 is 0 Å². The molecule has 0 atom stereocenters. The number of thiol groups is 1. The van der Waals surface area contributed by atoms with Gasteiger partial charge in [0.2, 0.25) is 8.96 Å². The molecule has 0 heterocycles. The molecule has 0 N–H and O–H groups in total. The number of nitrogens with zero attached hydrogens (tertiary/aromatic N) is 1. The Morgan fingerprint density at radius 2 is 1.09 bits per heavy atom. The summed E-state index contributed by atoms with van der Waals surface area (Å²) in [5.74, 6) is 0. The molecule has 0 aliphatic rings. The van der Waals surface area contributed by atoms with Crippen molar-refractivity contribution in [2.45, 2.75) is 0 Å². The molecule has 0 saturated heterocycles. The summed E-state index contributed by atoms with van der Waals surface area (Å²) in [5, 5.41) is 2.56. The average molecular weight is 351 g/mol. The van der Waals surface area contributed by atoms with Crippen molar-refractivity contribution in [1.29, 1.82) is 0 Å². The van der Waals surface area contributed by atoms with Gasteiger partial charge < -0.3 is 4.57 Å². The number of hydrogen-bond donors (Lipinski definition) is 1. The van der Waals surface area contributed by atoms with Crippen molar-refractivity contribution in [1.82, 2.24) is 0 Å². The van der Waals surface area contributed by atoms with Gasteiger partial charge in [0.05, 0.1) is 0 Å². The molecule has 0 aliphatic carbocycles. The highest BCUT2D eigenvalue weighted by molar-refractivity contribution is 8.11. The molecule has 1 radical (unpaired) electrons. The summed E-state index contributed by atoms with van der Waals surface area (Å²) in [6, 6.07) is 31.3. The van der Waals surface area contributed by atoms with Crippen LogP contribution in [0, 0.1) is 0 Å². The van der Waals surface area contributed by atoms with E-state index in [1.807, 2.05) is 30.3 Å². The summed E-state index contributed by atoms with van der Waals surface area (Å²) in [6.45, 7) is 0. The highest BCUT2D eigenvalue weighted by atomic mass is 32.1. The molecule has 3 rings (SSSR count). The molecule has 0 aliphatic heterocycles. The quantitative estimate of drug-likeness (QED) is 0.436. The fourth-order valence-electron chi connectivity index (χ4n) is 2.53. The molecule has 0 unspecified atom stereocenters. The molecule has 0 saturated carbocycles. The second kappa shape index (κ2) is 7.59. The third kappa shape index (κ3) is 3.72. The minimum Gasteiger partial charge on any atom is -0.346 e. The van der Waals surface area contributed by atoms with Crippen LogP contribution in [0.25, 0.3) is 0 Å². The second-order valence-corrected chi connectivity index (χ2v) is 8.45. The molecule has 1 nitrogen and oxygen atoms in total. The first-order valence-electron chi connectivity index (χ1n) is 7.33. The Morgan fingerprint density at radius 3 is 1.48 bits per heavy atom. The van der Waals surface area contributed by atoms with Crippen LogP contribution in [-0.4, -0.2) is 13.3 Å². The van der Waals surface area contributed by atoms with Gasteiger partial charge in [-0.3, -0.25) is 0 Å². The van der Waals surface area contributed by atoms with Gasteiger partial charge in [-0.25, -0.2) is 0 Å². The Bertz CT molecular complexity index is 724. The summed E-state index contributed by atoms with van der Waals surface area (Å²) in [6.07, 6.45) is 0. The molecule has 23 heavy (non-hydrogen) atoms. The number of benzene rings is 3. The van der Waals surface area contributed by atoms with Crippen LogP contribution in [0.15, 0.2) is 91.0 Å². The molecule has 3 aromatic rings. The first kappa shape index (κ1) is 16.0. The fourth-order valence-corrected chi connectivity index (χ4v) is 5.79. The van der Waals surface area contributed by atoms with Crippen LogP contribution < -0.4 is 14.9 Å². The maximum Gasteiger partial charge on any atom is 0.248 e. The van der Waals surface area contributed by atoms with E-state index in [1.165, 1.54) is 10.4 Å². The third-order valence-corrected chi connectivity index (χ3v) is 6.95. The molecule has 0 amide bonds. The first-order valence-corrected chi connectivity index (χ1v) is 9.63. The van der Waals surface area contributed by atoms with E-state index in [0.717, 1.165) is 5.69 Å². The highest BCUT2D eigenvalue weighted by Crippen LogP contribution is 2.17. The van der Waals surface area contributed by atoms with Gasteiger partial charge in [0, 0.05) is 5.69 Å². The Hall–Kier alpha value is -1.88. The Kier molecular flexibility index (Phi) is 5.28. The van der Waals surface area contributed by atoms with Crippen LogP contribution in [0.3, 0.4) is 0 Å². The maximum absolute atomic E-state index is 5.49. The zero-order valence-electron chi connectivity index (χ0n) is 12.5. The summed E-state index contributed by atoms with van der Waals surface area (Å²) in [5.41, 5.74) is 1.08. The minimum atomic E-state index is -1.27. The monoisotopic (exact) mass is 350 g/mol. The molecule has 0 bridgehead atoms. The Labute approximate surface area is 149 Å². The van der Waals surface area contributed by atoms with Crippen molar-refractivity contribution in [2.24, 2.45) is 0 Å². The molecular formula is C19H16NS2Si. The van der Waals surface area contributed by atoms with Gasteiger partial charge in [-0.1, -0.05) is 91.1 Å². The summed E-state index contributed by atoms with van der Waals surface area (Å²) >= 11 is 10.0. The minimum absolute atomic E-state index is 0.595. The standard InChI is InChI=1S/C19H16NS2Si/c21-19(22)20(16-10-4-1-5-11-16)23(17-12-6-2-7-13-17)18-14-8-3-9-15-18/h1-15H,(H,21,22). The van der Waals surface area contributed by atoms with Crippen LogP contribution in [0.1, 0.15) is 0 Å². The van der Waals surface area contributed by atoms with Gasteiger partial charge in [0.25, 0.3) is 0 Å². The zero-order chi connectivity index (χ0) is 16.1. The van der Waals surface area contributed by atoms with Crippen LogP contribution in [0.2, 0.25) is 0 Å². The second-order valence-electron chi connectivity index (χ2n) is 5.03. The van der Waals surface area contributed by atoms with Crippen LogP contribution in [-0.2, 0) is 0 Å². The summed E-state index contributed by atoms with van der Waals surface area (Å²) < 4.78 is 2.78. The van der Waals surface area contributed by atoms with Crippen LogP contribution in [0.5, 0.6) is 0 Å². The molecule has 0 spiro atoms. The number of thiocarbonyl (C=S) groups is 1. The summed E-state index contributed by atoms with van der Waals surface area (Å²) in [4.78, 5) is 0. The number of rotatable bonds is 4. The topological polar surface area (TPSA) is 3.24 Å². The van der Waals surface area contributed by atoms with E-state index in [1.54, 1.807) is 0 Å². The van der Waals surface area contributed by atoms with E-state index in [4.69, 9.17) is 12.2 Å². The molecule has 113 valence electrons. The Balaban J connectivity index is 2.15. The van der Waals surface area contributed by atoms with E-state index in [0.29, 0.717) is 4.32 Å². The maximum atomic E-state index is 5.49.